The average Bonchev–Trinajstić information content (AvgIpc) is 2.51. The number of hydrogen-bond acceptors (Lipinski definition) is 5. The highest BCUT2D eigenvalue weighted by Gasteiger charge is 2.37. The summed E-state index contributed by atoms with van der Waals surface area (Å²) in [5.74, 6) is 0.0566. The molecule has 2 heterocycles. The number of hydrogen-bond donors (Lipinski definition) is 1. The Balaban J connectivity index is 1.92. The Morgan fingerprint density at radius 2 is 1.65 bits per heavy atom. The Morgan fingerprint density at radius 3 is 2.17 bits per heavy atom. The summed E-state index contributed by atoms with van der Waals surface area (Å²) in [6.45, 7) is 6.58. The first-order valence-electron chi connectivity index (χ1n) is 8.23. The molecule has 2 atom stereocenters. The third-order valence-corrected chi connectivity index (χ3v) is 6.19. The van der Waals surface area contributed by atoms with Crippen LogP contribution in [-0.4, -0.2) is 85.9 Å². The summed E-state index contributed by atoms with van der Waals surface area (Å²) in [5.41, 5.74) is 5.42. The molecule has 2 saturated heterocycles. The average molecular weight is 348 g/mol. The Labute approximate surface area is 138 Å². The largest absolute Gasteiger partial charge is 0.373 e. The van der Waals surface area contributed by atoms with Crippen LogP contribution >= 0.6 is 0 Å². The van der Waals surface area contributed by atoms with Crippen molar-refractivity contribution in [2.45, 2.75) is 38.9 Å². The Morgan fingerprint density at radius 1 is 1.09 bits per heavy atom. The van der Waals surface area contributed by atoms with Crippen LogP contribution in [-0.2, 0) is 19.7 Å². The third-order valence-electron chi connectivity index (χ3n) is 4.22. The van der Waals surface area contributed by atoms with Gasteiger partial charge in [-0.1, -0.05) is 0 Å². The fourth-order valence-electron chi connectivity index (χ4n) is 3.06. The van der Waals surface area contributed by atoms with Gasteiger partial charge in [0.1, 0.15) is 0 Å². The number of morpholine rings is 1. The van der Waals surface area contributed by atoms with Crippen LogP contribution in [0.5, 0.6) is 0 Å². The second kappa shape index (κ2) is 7.89. The minimum Gasteiger partial charge on any atom is -0.373 e. The zero-order chi connectivity index (χ0) is 17.0. The van der Waals surface area contributed by atoms with Gasteiger partial charge in [-0.15, -0.1) is 0 Å². The molecule has 2 fully saturated rings. The van der Waals surface area contributed by atoms with Crippen molar-refractivity contribution in [1.29, 1.82) is 0 Å². The molecule has 9 heteroatoms. The summed E-state index contributed by atoms with van der Waals surface area (Å²) in [7, 11) is -3.49. The van der Waals surface area contributed by atoms with E-state index < -0.39 is 10.2 Å². The standard InChI is InChI=1S/C14H28N4O4S/c1-12-10-18(11-13(2)22-12)23(20,21)17-8-6-16(7-9-17)14(19)4-3-5-15/h12-13H,3-11,15H2,1-2H3. The van der Waals surface area contributed by atoms with Crippen molar-refractivity contribution < 1.29 is 17.9 Å². The Hall–Kier alpha value is -0.740. The highest BCUT2D eigenvalue weighted by molar-refractivity contribution is 7.86. The lowest BCUT2D eigenvalue weighted by Gasteiger charge is -2.40. The van der Waals surface area contributed by atoms with Crippen LogP contribution in [0.3, 0.4) is 0 Å². The molecule has 2 aliphatic rings. The molecule has 0 aromatic heterocycles. The number of nitrogens with zero attached hydrogens (tertiary/aromatic N) is 3. The van der Waals surface area contributed by atoms with E-state index in [1.54, 1.807) is 4.90 Å². The molecule has 23 heavy (non-hydrogen) atoms. The smallest absolute Gasteiger partial charge is 0.282 e. The first kappa shape index (κ1) is 18.6. The van der Waals surface area contributed by atoms with Crippen molar-refractivity contribution in [1.82, 2.24) is 13.5 Å². The number of piperazine rings is 1. The molecular formula is C14H28N4O4S. The van der Waals surface area contributed by atoms with Gasteiger partial charge in [0.15, 0.2) is 0 Å². The summed E-state index contributed by atoms with van der Waals surface area (Å²) < 4.78 is 34.1. The molecule has 2 aliphatic heterocycles. The number of carbonyl (C=O) groups excluding carboxylic acids is 1. The van der Waals surface area contributed by atoms with Crippen molar-refractivity contribution >= 4 is 16.1 Å². The maximum absolute atomic E-state index is 12.8. The molecule has 1 amide bonds. The van der Waals surface area contributed by atoms with E-state index in [9.17, 15) is 13.2 Å². The van der Waals surface area contributed by atoms with Gasteiger partial charge in [-0.25, -0.2) is 0 Å². The number of ether oxygens (including phenoxy) is 1. The normalized spacial score (nSPS) is 28.0. The number of amides is 1. The van der Waals surface area contributed by atoms with Gasteiger partial charge in [0.2, 0.25) is 5.91 Å². The van der Waals surface area contributed by atoms with Crippen LogP contribution in [0, 0.1) is 0 Å². The van der Waals surface area contributed by atoms with Gasteiger partial charge >= 0.3 is 0 Å². The molecule has 2 unspecified atom stereocenters. The summed E-state index contributed by atoms with van der Waals surface area (Å²) >= 11 is 0. The van der Waals surface area contributed by atoms with E-state index in [2.05, 4.69) is 0 Å². The van der Waals surface area contributed by atoms with E-state index in [-0.39, 0.29) is 18.1 Å². The second-order valence-corrected chi connectivity index (χ2v) is 8.18. The van der Waals surface area contributed by atoms with Gasteiger partial charge in [-0.2, -0.15) is 17.0 Å². The molecule has 2 N–H and O–H groups in total. The number of rotatable bonds is 5. The predicted molar refractivity (Wildman–Crippen MR) is 86.9 cm³/mol. The minimum absolute atomic E-state index is 0.0566. The maximum atomic E-state index is 12.8. The first-order chi connectivity index (χ1) is 10.8. The first-order valence-corrected chi connectivity index (χ1v) is 9.62. The van der Waals surface area contributed by atoms with E-state index in [0.717, 1.165) is 0 Å². The number of nitrogens with two attached hydrogens (primary N) is 1. The van der Waals surface area contributed by atoms with E-state index in [4.69, 9.17) is 10.5 Å². The molecule has 8 nitrogen and oxygen atoms in total. The fourth-order valence-corrected chi connectivity index (χ4v) is 4.81. The fraction of sp³-hybridized carbons (Fsp3) is 0.929. The Bertz CT molecular complexity index is 495. The molecular weight excluding hydrogens is 320 g/mol. The van der Waals surface area contributed by atoms with Crippen molar-refractivity contribution in [3.63, 3.8) is 0 Å². The van der Waals surface area contributed by atoms with E-state index in [1.807, 2.05) is 13.8 Å². The van der Waals surface area contributed by atoms with E-state index >= 15 is 0 Å². The third kappa shape index (κ3) is 4.63. The highest BCUT2D eigenvalue weighted by atomic mass is 32.2. The minimum atomic E-state index is -3.49. The van der Waals surface area contributed by atoms with Crippen LogP contribution in [0.4, 0.5) is 0 Å². The molecule has 134 valence electrons. The maximum Gasteiger partial charge on any atom is 0.282 e. The summed E-state index contributed by atoms with van der Waals surface area (Å²) in [6.07, 6.45) is 0.892. The SMILES string of the molecule is CC1CN(S(=O)(=O)N2CCN(C(=O)CCCN)CC2)CC(C)O1. The van der Waals surface area contributed by atoms with Gasteiger partial charge in [-0.3, -0.25) is 4.79 Å². The van der Waals surface area contributed by atoms with E-state index in [1.165, 1.54) is 8.61 Å². The number of carbonyl (C=O) groups is 1. The predicted octanol–water partition coefficient (Wildman–Crippen LogP) is -0.776. The van der Waals surface area contributed by atoms with Gasteiger partial charge in [-0.05, 0) is 26.8 Å². The topological polar surface area (TPSA) is 96.2 Å². The summed E-state index contributed by atoms with van der Waals surface area (Å²) in [5, 5.41) is 0. The molecule has 0 saturated carbocycles. The summed E-state index contributed by atoms with van der Waals surface area (Å²) in [4.78, 5) is 13.7. The molecule has 0 radical (unpaired) electrons. The summed E-state index contributed by atoms with van der Waals surface area (Å²) in [6, 6.07) is 0. The van der Waals surface area contributed by atoms with Gasteiger partial charge < -0.3 is 15.4 Å². The monoisotopic (exact) mass is 348 g/mol. The zero-order valence-corrected chi connectivity index (χ0v) is 14.8. The lowest BCUT2D eigenvalue weighted by atomic mass is 10.2. The molecule has 2 rings (SSSR count). The Kier molecular flexibility index (Phi) is 6.38. The lowest BCUT2D eigenvalue weighted by molar-refractivity contribution is -0.132. The lowest BCUT2D eigenvalue weighted by Crippen LogP contribution is -2.57. The van der Waals surface area contributed by atoms with Crippen molar-refractivity contribution in [2.24, 2.45) is 5.73 Å². The molecule has 0 spiro atoms. The zero-order valence-electron chi connectivity index (χ0n) is 14.0. The van der Waals surface area contributed by atoms with E-state index in [0.29, 0.717) is 58.7 Å². The van der Waals surface area contributed by atoms with Crippen LogP contribution in [0.15, 0.2) is 0 Å². The van der Waals surface area contributed by atoms with Crippen LogP contribution in [0.1, 0.15) is 26.7 Å². The van der Waals surface area contributed by atoms with Crippen LogP contribution in [0.2, 0.25) is 0 Å². The van der Waals surface area contributed by atoms with Gasteiger partial charge in [0.05, 0.1) is 12.2 Å². The van der Waals surface area contributed by atoms with Gasteiger partial charge in [0, 0.05) is 45.7 Å². The van der Waals surface area contributed by atoms with Crippen LogP contribution < -0.4 is 5.73 Å². The highest BCUT2D eigenvalue weighted by Crippen LogP contribution is 2.19. The molecule has 0 bridgehead atoms. The molecule has 0 aromatic rings. The molecule has 0 aliphatic carbocycles. The quantitative estimate of drug-likeness (QED) is 0.703. The van der Waals surface area contributed by atoms with Crippen molar-refractivity contribution in [3.05, 3.63) is 0 Å². The molecule has 0 aromatic carbocycles. The van der Waals surface area contributed by atoms with Crippen molar-refractivity contribution in [3.8, 4) is 0 Å². The van der Waals surface area contributed by atoms with Gasteiger partial charge in [0.25, 0.3) is 10.2 Å². The van der Waals surface area contributed by atoms with Crippen LogP contribution in [0.25, 0.3) is 0 Å². The van der Waals surface area contributed by atoms with Crippen molar-refractivity contribution in [2.75, 3.05) is 45.8 Å². The second-order valence-electron chi connectivity index (χ2n) is 6.25.